The molecule has 1 amide bonds. The molecule has 0 saturated carbocycles. The lowest BCUT2D eigenvalue weighted by Gasteiger charge is -2.32. The normalized spacial score (nSPS) is 14.2. The number of carbonyl (C=O) groups is 1. The maximum absolute atomic E-state index is 12.9. The summed E-state index contributed by atoms with van der Waals surface area (Å²) in [7, 11) is -3.63. The van der Waals surface area contributed by atoms with E-state index in [0.717, 1.165) is 0 Å². The van der Waals surface area contributed by atoms with Crippen LogP contribution in [0.2, 0.25) is 5.02 Å². The van der Waals surface area contributed by atoms with Gasteiger partial charge in [0.2, 0.25) is 15.7 Å². The molecule has 3 aromatic carbocycles. The number of fused-ring (bicyclic) bond motifs is 2. The molecular weight excluding hydrogens is 384 g/mol. The Balaban J connectivity index is 1.73. The van der Waals surface area contributed by atoms with Gasteiger partial charge in [-0.15, -0.1) is 0 Å². The maximum Gasteiger partial charge on any atom is 0.244 e. The third-order valence-electron chi connectivity index (χ3n) is 4.34. The minimum Gasteiger partial charge on any atom is -0.330 e. The molecule has 0 bridgehead atoms. The van der Waals surface area contributed by atoms with Crippen molar-refractivity contribution in [1.29, 1.82) is 0 Å². The van der Waals surface area contributed by atoms with Crippen molar-refractivity contribution >= 4 is 44.4 Å². The number of nitrogens with one attached hydrogen (secondary N) is 1. The highest BCUT2D eigenvalue weighted by Gasteiger charge is 2.34. The first-order valence-corrected chi connectivity index (χ1v) is 10.1. The Morgan fingerprint density at radius 2 is 1.37 bits per heavy atom. The predicted molar refractivity (Wildman–Crippen MR) is 105 cm³/mol. The summed E-state index contributed by atoms with van der Waals surface area (Å²) in [5.74, 6) is -0.299. The number of sulfone groups is 1. The molecule has 0 aliphatic carbocycles. The second-order valence-electron chi connectivity index (χ2n) is 6.05. The summed E-state index contributed by atoms with van der Waals surface area (Å²) in [5, 5.41) is 3.22. The Hall–Kier alpha value is -2.83. The van der Waals surface area contributed by atoms with Crippen molar-refractivity contribution in [3.05, 3.63) is 77.8 Å². The predicted octanol–water partition coefficient (Wildman–Crippen LogP) is 4.26. The quantitative estimate of drug-likeness (QED) is 0.715. The number of para-hydroxylation sites is 3. The van der Waals surface area contributed by atoms with E-state index in [2.05, 4.69) is 5.32 Å². The number of anilines is 3. The van der Waals surface area contributed by atoms with E-state index in [0.29, 0.717) is 22.1 Å². The number of halogens is 1. The first-order valence-electron chi connectivity index (χ1n) is 8.23. The first kappa shape index (κ1) is 17.6. The Morgan fingerprint density at radius 1 is 0.852 bits per heavy atom. The van der Waals surface area contributed by atoms with Crippen LogP contribution in [-0.2, 0) is 14.6 Å². The van der Waals surface area contributed by atoms with Gasteiger partial charge in [0.05, 0.1) is 31.9 Å². The standard InChI is InChI=1S/C20H15ClN2O3S/c21-14-7-1-2-8-15(14)22-20(24)13-23-16-9-3-5-11-18(16)27(25,26)19-12-6-4-10-17(19)23/h1-12H,13H2,(H,22,24). The van der Waals surface area contributed by atoms with Crippen LogP contribution in [0.1, 0.15) is 0 Å². The number of hydrogen-bond acceptors (Lipinski definition) is 4. The van der Waals surface area contributed by atoms with Gasteiger partial charge in [0.25, 0.3) is 0 Å². The van der Waals surface area contributed by atoms with Gasteiger partial charge >= 0.3 is 0 Å². The van der Waals surface area contributed by atoms with Crippen molar-refractivity contribution in [2.75, 3.05) is 16.8 Å². The zero-order valence-electron chi connectivity index (χ0n) is 14.1. The zero-order valence-corrected chi connectivity index (χ0v) is 15.7. The van der Waals surface area contributed by atoms with Crippen LogP contribution in [0.15, 0.2) is 82.6 Å². The fourth-order valence-corrected chi connectivity index (χ4v) is 4.97. The van der Waals surface area contributed by atoms with E-state index in [4.69, 9.17) is 11.6 Å². The van der Waals surface area contributed by atoms with Crippen molar-refractivity contribution in [1.82, 2.24) is 0 Å². The van der Waals surface area contributed by atoms with Crippen LogP contribution in [0.25, 0.3) is 0 Å². The number of nitrogens with zero attached hydrogens (tertiary/aromatic N) is 1. The number of benzene rings is 3. The molecule has 0 saturated heterocycles. The monoisotopic (exact) mass is 398 g/mol. The van der Waals surface area contributed by atoms with Crippen molar-refractivity contribution in [3.63, 3.8) is 0 Å². The van der Waals surface area contributed by atoms with Crippen molar-refractivity contribution in [2.45, 2.75) is 9.79 Å². The van der Waals surface area contributed by atoms with Gasteiger partial charge in [-0.2, -0.15) is 0 Å². The molecule has 3 aromatic rings. The smallest absolute Gasteiger partial charge is 0.244 e. The molecule has 7 heteroatoms. The Bertz CT molecular complexity index is 1090. The van der Waals surface area contributed by atoms with E-state index in [-0.39, 0.29) is 22.2 Å². The maximum atomic E-state index is 12.9. The topological polar surface area (TPSA) is 66.5 Å². The molecule has 0 spiro atoms. The van der Waals surface area contributed by atoms with Crippen LogP contribution >= 0.6 is 11.6 Å². The van der Waals surface area contributed by atoms with E-state index < -0.39 is 9.84 Å². The average molecular weight is 399 g/mol. The lowest BCUT2D eigenvalue weighted by atomic mass is 10.2. The molecule has 0 fully saturated rings. The number of carbonyl (C=O) groups excluding carboxylic acids is 1. The Kier molecular flexibility index (Phi) is 4.37. The summed E-state index contributed by atoms with van der Waals surface area (Å²) in [6.07, 6.45) is 0. The number of amides is 1. The van der Waals surface area contributed by atoms with Crippen LogP contribution in [0.5, 0.6) is 0 Å². The van der Waals surface area contributed by atoms with Crippen molar-refractivity contribution in [2.24, 2.45) is 0 Å². The Labute approximate surface area is 162 Å². The minimum atomic E-state index is -3.63. The molecule has 0 atom stereocenters. The fraction of sp³-hybridized carbons (Fsp3) is 0.0500. The minimum absolute atomic E-state index is 0.0469. The molecule has 1 aliphatic rings. The van der Waals surface area contributed by atoms with Crippen molar-refractivity contribution < 1.29 is 13.2 Å². The van der Waals surface area contributed by atoms with Gasteiger partial charge in [0, 0.05) is 0 Å². The Morgan fingerprint density at radius 3 is 1.96 bits per heavy atom. The molecule has 0 radical (unpaired) electrons. The van der Waals surface area contributed by atoms with Gasteiger partial charge in [0.1, 0.15) is 6.54 Å². The molecule has 4 rings (SSSR count). The second kappa shape index (κ2) is 6.72. The molecule has 1 aliphatic heterocycles. The third kappa shape index (κ3) is 3.07. The molecule has 0 unspecified atom stereocenters. The molecule has 5 nitrogen and oxygen atoms in total. The number of hydrogen-bond donors (Lipinski definition) is 1. The van der Waals surface area contributed by atoms with E-state index in [1.807, 2.05) is 0 Å². The van der Waals surface area contributed by atoms with Crippen LogP contribution in [0.4, 0.5) is 17.1 Å². The van der Waals surface area contributed by atoms with Crippen LogP contribution < -0.4 is 10.2 Å². The third-order valence-corrected chi connectivity index (χ3v) is 6.52. The summed E-state index contributed by atoms with van der Waals surface area (Å²) in [5.41, 5.74) is 1.46. The number of rotatable bonds is 3. The van der Waals surface area contributed by atoms with Gasteiger partial charge in [-0.1, -0.05) is 48.0 Å². The summed E-state index contributed by atoms with van der Waals surface area (Å²) in [6, 6.07) is 20.3. The molecule has 27 heavy (non-hydrogen) atoms. The van der Waals surface area contributed by atoms with E-state index in [1.165, 1.54) is 0 Å². The molecule has 1 heterocycles. The van der Waals surface area contributed by atoms with Gasteiger partial charge in [-0.05, 0) is 36.4 Å². The fourth-order valence-electron chi connectivity index (χ4n) is 3.13. The lowest BCUT2D eigenvalue weighted by molar-refractivity contribution is -0.114. The second-order valence-corrected chi connectivity index (χ2v) is 8.35. The highest BCUT2D eigenvalue weighted by Crippen LogP contribution is 2.43. The lowest BCUT2D eigenvalue weighted by Crippen LogP contribution is -2.33. The van der Waals surface area contributed by atoms with E-state index >= 15 is 0 Å². The molecular formula is C20H15ClN2O3S. The highest BCUT2D eigenvalue weighted by atomic mass is 35.5. The molecule has 1 N–H and O–H groups in total. The van der Waals surface area contributed by atoms with Gasteiger partial charge in [-0.3, -0.25) is 4.79 Å². The van der Waals surface area contributed by atoms with Gasteiger partial charge < -0.3 is 10.2 Å². The van der Waals surface area contributed by atoms with Gasteiger partial charge in [0.15, 0.2) is 0 Å². The van der Waals surface area contributed by atoms with Crippen molar-refractivity contribution in [3.8, 4) is 0 Å². The van der Waals surface area contributed by atoms with Gasteiger partial charge in [-0.25, -0.2) is 8.42 Å². The SMILES string of the molecule is O=C(CN1c2ccccc2S(=O)(=O)c2ccccc21)Nc1ccccc1Cl. The average Bonchev–Trinajstić information content (AvgIpc) is 2.67. The summed E-state index contributed by atoms with van der Waals surface area (Å²) < 4.78 is 25.8. The summed E-state index contributed by atoms with van der Waals surface area (Å²) >= 11 is 6.10. The van der Waals surface area contributed by atoms with Crippen LogP contribution in [0, 0.1) is 0 Å². The van der Waals surface area contributed by atoms with Crippen LogP contribution in [-0.4, -0.2) is 20.9 Å². The largest absolute Gasteiger partial charge is 0.330 e. The molecule has 136 valence electrons. The summed E-state index contributed by atoms with van der Waals surface area (Å²) in [6.45, 7) is -0.0469. The molecule has 0 aromatic heterocycles. The van der Waals surface area contributed by atoms with E-state index in [9.17, 15) is 13.2 Å². The van der Waals surface area contributed by atoms with E-state index in [1.54, 1.807) is 77.7 Å². The zero-order chi connectivity index (χ0) is 19.0. The van der Waals surface area contributed by atoms with Crippen LogP contribution in [0.3, 0.4) is 0 Å². The summed E-state index contributed by atoms with van der Waals surface area (Å²) in [4.78, 5) is 14.7. The first-order chi connectivity index (χ1) is 13.0. The highest BCUT2D eigenvalue weighted by molar-refractivity contribution is 7.92.